The van der Waals surface area contributed by atoms with Crippen LogP contribution in [0.4, 0.5) is 0 Å². The maximum atomic E-state index is 10.4. The lowest BCUT2D eigenvalue weighted by Crippen LogP contribution is -2.13. The van der Waals surface area contributed by atoms with Crippen molar-refractivity contribution in [3.05, 3.63) is 35.4 Å². The molecule has 0 aromatic heterocycles. The zero-order valence-corrected chi connectivity index (χ0v) is 7.27. The molecule has 1 unspecified atom stereocenters. The number of amidine groups is 1. The fourth-order valence-electron chi connectivity index (χ4n) is 0.988. The molecule has 0 spiro atoms. The highest BCUT2D eigenvalue weighted by Crippen LogP contribution is 2.13. The fraction of sp³-hybridized carbons (Fsp3) is 0.111. The van der Waals surface area contributed by atoms with Crippen LogP contribution in [-0.4, -0.2) is 22.0 Å². The summed E-state index contributed by atoms with van der Waals surface area (Å²) in [6.45, 7) is 0. The second kappa shape index (κ2) is 3.89. The van der Waals surface area contributed by atoms with Crippen molar-refractivity contribution in [3.63, 3.8) is 0 Å². The molecule has 0 saturated heterocycles. The Balaban J connectivity index is 2.94. The predicted molar refractivity (Wildman–Crippen MR) is 50.1 cm³/mol. The highest BCUT2D eigenvalue weighted by atomic mass is 16.4. The van der Waals surface area contributed by atoms with Crippen molar-refractivity contribution in [3.8, 4) is 0 Å². The SMILES string of the molecule is N=C(N)c1ccc(C(O)C(=O)O)cc1. The van der Waals surface area contributed by atoms with Gasteiger partial charge in [0.2, 0.25) is 0 Å². The average molecular weight is 194 g/mol. The minimum Gasteiger partial charge on any atom is -0.479 e. The van der Waals surface area contributed by atoms with E-state index in [-0.39, 0.29) is 11.4 Å². The highest BCUT2D eigenvalue weighted by molar-refractivity contribution is 5.95. The van der Waals surface area contributed by atoms with Gasteiger partial charge in [0.15, 0.2) is 6.10 Å². The molecule has 5 nitrogen and oxygen atoms in total. The third-order valence-corrected chi connectivity index (χ3v) is 1.77. The Morgan fingerprint density at radius 1 is 1.36 bits per heavy atom. The van der Waals surface area contributed by atoms with Gasteiger partial charge in [-0.15, -0.1) is 0 Å². The molecule has 14 heavy (non-hydrogen) atoms. The monoisotopic (exact) mass is 194 g/mol. The number of hydrogen-bond acceptors (Lipinski definition) is 3. The standard InChI is InChI=1S/C9H10N2O3/c10-8(11)6-3-1-5(2-4-6)7(12)9(13)14/h1-4,7,12H,(H3,10,11)(H,13,14). The number of aliphatic hydroxyl groups is 1. The summed E-state index contributed by atoms with van der Waals surface area (Å²) in [6.07, 6.45) is -1.53. The van der Waals surface area contributed by atoms with Gasteiger partial charge in [0, 0.05) is 5.56 Å². The molecule has 5 N–H and O–H groups in total. The van der Waals surface area contributed by atoms with Crippen molar-refractivity contribution >= 4 is 11.8 Å². The van der Waals surface area contributed by atoms with Crippen molar-refractivity contribution in [2.24, 2.45) is 5.73 Å². The van der Waals surface area contributed by atoms with Crippen LogP contribution in [-0.2, 0) is 4.79 Å². The van der Waals surface area contributed by atoms with E-state index in [0.717, 1.165) is 0 Å². The Morgan fingerprint density at radius 3 is 2.21 bits per heavy atom. The zero-order valence-electron chi connectivity index (χ0n) is 7.27. The summed E-state index contributed by atoms with van der Waals surface area (Å²) in [5, 5.41) is 24.7. The molecule has 0 saturated carbocycles. The van der Waals surface area contributed by atoms with Crippen LogP contribution < -0.4 is 5.73 Å². The van der Waals surface area contributed by atoms with Gasteiger partial charge in [-0.3, -0.25) is 5.41 Å². The second-order valence-electron chi connectivity index (χ2n) is 2.78. The molecule has 0 aliphatic carbocycles. The van der Waals surface area contributed by atoms with Crippen LogP contribution >= 0.6 is 0 Å². The number of carboxylic acid groups (broad SMARTS) is 1. The molecule has 1 rings (SSSR count). The van der Waals surface area contributed by atoms with E-state index in [9.17, 15) is 4.79 Å². The van der Waals surface area contributed by atoms with Crippen LogP contribution in [0, 0.1) is 5.41 Å². The highest BCUT2D eigenvalue weighted by Gasteiger charge is 2.15. The number of nitrogen functional groups attached to an aromatic ring is 1. The van der Waals surface area contributed by atoms with E-state index in [2.05, 4.69) is 0 Å². The molecular weight excluding hydrogens is 184 g/mol. The zero-order chi connectivity index (χ0) is 10.7. The molecule has 0 fully saturated rings. The molecule has 0 aliphatic heterocycles. The van der Waals surface area contributed by atoms with E-state index >= 15 is 0 Å². The Morgan fingerprint density at radius 2 is 1.86 bits per heavy atom. The van der Waals surface area contributed by atoms with Crippen LogP contribution in [0.2, 0.25) is 0 Å². The number of carboxylic acids is 1. The Bertz CT molecular complexity index is 359. The molecule has 74 valence electrons. The number of carbonyl (C=O) groups is 1. The predicted octanol–water partition coefficient (Wildman–Crippen LogP) is 0.0887. The molecule has 0 aliphatic rings. The van der Waals surface area contributed by atoms with Gasteiger partial charge in [0.1, 0.15) is 5.84 Å². The minimum atomic E-state index is -1.53. The Hall–Kier alpha value is -1.88. The van der Waals surface area contributed by atoms with E-state index < -0.39 is 12.1 Å². The summed E-state index contributed by atoms with van der Waals surface area (Å²) in [5.74, 6) is -1.40. The van der Waals surface area contributed by atoms with Gasteiger partial charge in [0.25, 0.3) is 0 Å². The fourth-order valence-corrected chi connectivity index (χ4v) is 0.988. The topological polar surface area (TPSA) is 107 Å². The number of aliphatic hydroxyl groups excluding tert-OH is 1. The van der Waals surface area contributed by atoms with Crippen molar-refractivity contribution in [2.45, 2.75) is 6.10 Å². The number of benzene rings is 1. The van der Waals surface area contributed by atoms with Gasteiger partial charge in [0.05, 0.1) is 0 Å². The van der Waals surface area contributed by atoms with Crippen molar-refractivity contribution < 1.29 is 15.0 Å². The summed E-state index contributed by atoms with van der Waals surface area (Å²) in [6, 6.07) is 5.83. The van der Waals surface area contributed by atoms with Crippen LogP contribution in [0.15, 0.2) is 24.3 Å². The van der Waals surface area contributed by atoms with Crippen molar-refractivity contribution in [1.82, 2.24) is 0 Å². The molecule has 0 radical (unpaired) electrons. The largest absolute Gasteiger partial charge is 0.479 e. The first-order valence-electron chi connectivity index (χ1n) is 3.87. The molecule has 0 bridgehead atoms. The molecule has 1 aromatic carbocycles. The first kappa shape index (κ1) is 10.2. The average Bonchev–Trinajstić information content (AvgIpc) is 2.16. The molecule has 1 aromatic rings. The third-order valence-electron chi connectivity index (χ3n) is 1.77. The smallest absolute Gasteiger partial charge is 0.337 e. The van der Waals surface area contributed by atoms with Gasteiger partial charge in [-0.1, -0.05) is 24.3 Å². The molecule has 1 atom stereocenters. The maximum absolute atomic E-state index is 10.4. The Labute approximate surface area is 80.3 Å². The van der Waals surface area contributed by atoms with Gasteiger partial charge >= 0.3 is 5.97 Å². The quantitative estimate of drug-likeness (QED) is 0.404. The lowest BCUT2D eigenvalue weighted by Gasteiger charge is -2.05. The van der Waals surface area contributed by atoms with Gasteiger partial charge in [-0.2, -0.15) is 0 Å². The van der Waals surface area contributed by atoms with Gasteiger partial charge < -0.3 is 15.9 Å². The van der Waals surface area contributed by atoms with E-state index in [4.69, 9.17) is 21.4 Å². The maximum Gasteiger partial charge on any atom is 0.337 e. The van der Waals surface area contributed by atoms with E-state index in [1.807, 2.05) is 0 Å². The second-order valence-corrected chi connectivity index (χ2v) is 2.78. The van der Waals surface area contributed by atoms with Crippen LogP contribution in [0.5, 0.6) is 0 Å². The Kier molecular flexibility index (Phi) is 2.83. The summed E-state index contributed by atoms with van der Waals surface area (Å²) in [7, 11) is 0. The molecule has 0 amide bonds. The number of aliphatic carboxylic acids is 1. The van der Waals surface area contributed by atoms with E-state index in [0.29, 0.717) is 5.56 Å². The van der Waals surface area contributed by atoms with Crippen LogP contribution in [0.1, 0.15) is 17.2 Å². The van der Waals surface area contributed by atoms with Gasteiger partial charge in [-0.05, 0) is 5.56 Å². The lowest BCUT2D eigenvalue weighted by molar-refractivity contribution is -0.146. The molecule has 5 heteroatoms. The van der Waals surface area contributed by atoms with Crippen LogP contribution in [0.25, 0.3) is 0 Å². The number of nitrogens with one attached hydrogen (secondary N) is 1. The van der Waals surface area contributed by atoms with E-state index in [1.165, 1.54) is 24.3 Å². The van der Waals surface area contributed by atoms with Gasteiger partial charge in [-0.25, -0.2) is 4.79 Å². The first-order valence-corrected chi connectivity index (χ1v) is 3.87. The summed E-state index contributed by atoms with van der Waals surface area (Å²) < 4.78 is 0. The summed E-state index contributed by atoms with van der Waals surface area (Å²) in [4.78, 5) is 10.4. The minimum absolute atomic E-state index is 0.0960. The summed E-state index contributed by atoms with van der Waals surface area (Å²) in [5.41, 5.74) is 5.96. The lowest BCUT2D eigenvalue weighted by atomic mass is 10.1. The number of hydrogen-bond donors (Lipinski definition) is 4. The number of nitrogens with two attached hydrogens (primary N) is 1. The van der Waals surface area contributed by atoms with Crippen molar-refractivity contribution in [1.29, 1.82) is 5.41 Å². The third kappa shape index (κ3) is 2.08. The summed E-state index contributed by atoms with van der Waals surface area (Å²) >= 11 is 0. The van der Waals surface area contributed by atoms with E-state index in [1.54, 1.807) is 0 Å². The molecule has 0 heterocycles. The normalized spacial score (nSPS) is 12.1. The number of rotatable bonds is 3. The first-order chi connectivity index (χ1) is 6.52. The molecular formula is C9H10N2O3. The van der Waals surface area contributed by atoms with Crippen molar-refractivity contribution in [2.75, 3.05) is 0 Å². The van der Waals surface area contributed by atoms with Crippen LogP contribution in [0.3, 0.4) is 0 Å².